The third-order valence-corrected chi connectivity index (χ3v) is 3.25. The van der Waals surface area contributed by atoms with Crippen LogP contribution >= 0.6 is 0 Å². The standard InChI is InChI=1S/C17H21NO3/c1-19-15-6-4-13(5-7-15)8-9-18-14-10-16(20-2)12-17(11-14)21-3/h4-7,10-12,18H,8-9H2,1-3H3. The van der Waals surface area contributed by atoms with Crippen LogP contribution in [0.3, 0.4) is 0 Å². The third-order valence-electron chi connectivity index (χ3n) is 3.25. The Balaban J connectivity index is 1.93. The molecule has 2 aromatic rings. The molecule has 112 valence electrons. The van der Waals surface area contributed by atoms with Crippen molar-refractivity contribution in [1.82, 2.24) is 0 Å². The van der Waals surface area contributed by atoms with E-state index in [9.17, 15) is 0 Å². The van der Waals surface area contributed by atoms with Crippen molar-refractivity contribution in [3.05, 3.63) is 48.0 Å². The predicted molar refractivity (Wildman–Crippen MR) is 84.7 cm³/mol. The maximum Gasteiger partial charge on any atom is 0.124 e. The van der Waals surface area contributed by atoms with Crippen molar-refractivity contribution < 1.29 is 14.2 Å². The van der Waals surface area contributed by atoms with Gasteiger partial charge in [-0.3, -0.25) is 0 Å². The molecule has 0 aromatic heterocycles. The zero-order valence-electron chi connectivity index (χ0n) is 12.7. The second-order valence-corrected chi connectivity index (χ2v) is 4.63. The number of hydrogen-bond donors (Lipinski definition) is 1. The van der Waals surface area contributed by atoms with Gasteiger partial charge in [-0.1, -0.05) is 12.1 Å². The van der Waals surface area contributed by atoms with Gasteiger partial charge in [-0.25, -0.2) is 0 Å². The molecule has 0 heterocycles. The minimum atomic E-state index is 0.779. The first-order valence-electron chi connectivity index (χ1n) is 6.85. The molecule has 0 saturated heterocycles. The van der Waals surface area contributed by atoms with Gasteiger partial charge in [-0.15, -0.1) is 0 Å². The highest BCUT2D eigenvalue weighted by Gasteiger charge is 2.01. The second kappa shape index (κ2) is 7.43. The topological polar surface area (TPSA) is 39.7 Å². The highest BCUT2D eigenvalue weighted by atomic mass is 16.5. The molecule has 0 atom stereocenters. The summed E-state index contributed by atoms with van der Waals surface area (Å²) in [5.74, 6) is 2.44. The van der Waals surface area contributed by atoms with E-state index in [0.29, 0.717) is 0 Å². The van der Waals surface area contributed by atoms with E-state index in [1.807, 2.05) is 30.3 Å². The fourth-order valence-corrected chi connectivity index (χ4v) is 2.05. The molecule has 0 saturated carbocycles. The quantitative estimate of drug-likeness (QED) is 0.847. The zero-order valence-corrected chi connectivity index (χ0v) is 12.7. The first kappa shape index (κ1) is 15.0. The summed E-state index contributed by atoms with van der Waals surface area (Å²) in [5.41, 5.74) is 2.25. The molecule has 0 bridgehead atoms. The summed E-state index contributed by atoms with van der Waals surface area (Å²) in [6.07, 6.45) is 0.934. The molecule has 21 heavy (non-hydrogen) atoms. The molecule has 0 spiro atoms. The van der Waals surface area contributed by atoms with Gasteiger partial charge in [0.15, 0.2) is 0 Å². The van der Waals surface area contributed by atoms with E-state index in [0.717, 1.165) is 35.9 Å². The highest BCUT2D eigenvalue weighted by Crippen LogP contribution is 2.25. The lowest BCUT2D eigenvalue weighted by atomic mass is 10.1. The lowest BCUT2D eigenvalue weighted by Gasteiger charge is -2.11. The molecule has 0 amide bonds. The van der Waals surface area contributed by atoms with Crippen molar-refractivity contribution >= 4 is 5.69 Å². The molecule has 0 aliphatic heterocycles. The third kappa shape index (κ3) is 4.31. The normalized spacial score (nSPS) is 10.0. The molecule has 0 aliphatic carbocycles. The molecule has 1 N–H and O–H groups in total. The number of anilines is 1. The maximum absolute atomic E-state index is 5.25. The van der Waals surface area contributed by atoms with Gasteiger partial charge in [0.2, 0.25) is 0 Å². The first-order chi connectivity index (χ1) is 10.2. The van der Waals surface area contributed by atoms with Crippen LogP contribution in [0.2, 0.25) is 0 Å². The number of benzene rings is 2. The summed E-state index contributed by atoms with van der Waals surface area (Å²) < 4.78 is 15.7. The molecule has 2 aromatic carbocycles. The fourth-order valence-electron chi connectivity index (χ4n) is 2.05. The summed E-state index contributed by atoms with van der Waals surface area (Å²) in [6.45, 7) is 0.836. The Hall–Kier alpha value is -2.36. The minimum Gasteiger partial charge on any atom is -0.497 e. The van der Waals surface area contributed by atoms with E-state index in [1.54, 1.807) is 21.3 Å². The number of rotatable bonds is 7. The molecule has 0 unspecified atom stereocenters. The zero-order chi connectivity index (χ0) is 15.1. The maximum atomic E-state index is 5.25. The van der Waals surface area contributed by atoms with Crippen molar-refractivity contribution in [3.63, 3.8) is 0 Å². The monoisotopic (exact) mass is 287 g/mol. The van der Waals surface area contributed by atoms with Crippen LogP contribution in [0.5, 0.6) is 17.2 Å². The highest BCUT2D eigenvalue weighted by molar-refractivity contribution is 5.53. The average molecular weight is 287 g/mol. The smallest absolute Gasteiger partial charge is 0.124 e. The predicted octanol–water partition coefficient (Wildman–Crippen LogP) is 3.37. The Labute approximate surface area is 125 Å². The Morgan fingerprint density at radius 3 is 1.86 bits per heavy atom. The Morgan fingerprint density at radius 2 is 1.33 bits per heavy atom. The van der Waals surface area contributed by atoms with Crippen LogP contribution in [0.15, 0.2) is 42.5 Å². The largest absolute Gasteiger partial charge is 0.497 e. The van der Waals surface area contributed by atoms with E-state index in [1.165, 1.54) is 5.56 Å². The van der Waals surface area contributed by atoms with Gasteiger partial charge in [-0.05, 0) is 24.1 Å². The summed E-state index contributed by atoms with van der Waals surface area (Å²) >= 11 is 0. The van der Waals surface area contributed by atoms with E-state index in [2.05, 4.69) is 17.4 Å². The Bertz CT molecular complexity index is 544. The van der Waals surface area contributed by atoms with E-state index in [4.69, 9.17) is 14.2 Å². The van der Waals surface area contributed by atoms with Crippen molar-refractivity contribution in [2.24, 2.45) is 0 Å². The number of nitrogens with one attached hydrogen (secondary N) is 1. The lowest BCUT2D eigenvalue weighted by Crippen LogP contribution is -2.05. The van der Waals surface area contributed by atoms with Crippen molar-refractivity contribution in [2.45, 2.75) is 6.42 Å². The molecule has 4 heteroatoms. The Morgan fingerprint density at radius 1 is 0.762 bits per heavy atom. The van der Waals surface area contributed by atoms with Gasteiger partial charge in [-0.2, -0.15) is 0 Å². The first-order valence-corrected chi connectivity index (χ1v) is 6.85. The van der Waals surface area contributed by atoms with Gasteiger partial charge in [0.1, 0.15) is 17.2 Å². The summed E-state index contributed by atoms with van der Waals surface area (Å²) in [7, 11) is 4.97. The SMILES string of the molecule is COc1ccc(CCNc2cc(OC)cc(OC)c2)cc1. The van der Waals surface area contributed by atoms with Gasteiger partial charge in [0.05, 0.1) is 21.3 Å². The number of hydrogen-bond acceptors (Lipinski definition) is 4. The van der Waals surface area contributed by atoms with Crippen LogP contribution in [-0.4, -0.2) is 27.9 Å². The average Bonchev–Trinajstić information content (AvgIpc) is 2.55. The fraction of sp³-hybridized carbons (Fsp3) is 0.294. The molecule has 2 rings (SSSR count). The molecular formula is C17H21NO3. The minimum absolute atomic E-state index is 0.779. The van der Waals surface area contributed by atoms with Crippen LogP contribution in [0.4, 0.5) is 5.69 Å². The molecule has 0 radical (unpaired) electrons. The van der Waals surface area contributed by atoms with E-state index in [-0.39, 0.29) is 0 Å². The summed E-state index contributed by atoms with van der Waals surface area (Å²) in [4.78, 5) is 0. The summed E-state index contributed by atoms with van der Waals surface area (Å²) in [6, 6.07) is 13.9. The van der Waals surface area contributed by atoms with Crippen LogP contribution in [-0.2, 0) is 6.42 Å². The number of ether oxygens (including phenoxy) is 3. The van der Waals surface area contributed by atoms with Gasteiger partial charge in [0, 0.05) is 30.4 Å². The van der Waals surface area contributed by atoms with Crippen molar-refractivity contribution in [1.29, 1.82) is 0 Å². The Kier molecular flexibility index (Phi) is 5.32. The van der Waals surface area contributed by atoms with Crippen LogP contribution in [0.25, 0.3) is 0 Å². The van der Waals surface area contributed by atoms with Gasteiger partial charge in [0.25, 0.3) is 0 Å². The molecule has 0 aliphatic rings. The molecular weight excluding hydrogens is 266 g/mol. The molecule has 0 fully saturated rings. The van der Waals surface area contributed by atoms with Crippen LogP contribution in [0.1, 0.15) is 5.56 Å². The van der Waals surface area contributed by atoms with Crippen molar-refractivity contribution in [3.8, 4) is 17.2 Å². The van der Waals surface area contributed by atoms with Crippen molar-refractivity contribution in [2.75, 3.05) is 33.2 Å². The van der Waals surface area contributed by atoms with Gasteiger partial charge < -0.3 is 19.5 Å². The number of methoxy groups -OCH3 is 3. The van der Waals surface area contributed by atoms with Crippen LogP contribution < -0.4 is 19.5 Å². The second-order valence-electron chi connectivity index (χ2n) is 4.63. The van der Waals surface area contributed by atoms with E-state index < -0.39 is 0 Å². The molecule has 4 nitrogen and oxygen atoms in total. The van der Waals surface area contributed by atoms with E-state index >= 15 is 0 Å². The summed E-state index contributed by atoms with van der Waals surface area (Å²) in [5, 5.41) is 3.38. The van der Waals surface area contributed by atoms with Gasteiger partial charge >= 0.3 is 0 Å². The van der Waals surface area contributed by atoms with Crippen LogP contribution in [0, 0.1) is 0 Å². The lowest BCUT2D eigenvalue weighted by molar-refractivity contribution is 0.394.